The molecule has 0 aliphatic heterocycles. The molecule has 1 aromatic rings. The van der Waals surface area contributed by atoms with E-state index in [1.165, 1.54) is 44.0 Å². The van der Waals surface area contributed by atoms with Crippen molar-refractivity contribution < 1.29 is 34.4 Å². The molecule has 0 saturated heterocycles. The number of allylic oxidation sites excluding steroid dienone is 1. The van der Waals surface area contributed by atoms with Crippen LogP contribution in [0, 0.1) is 28.6 Å². The number of carbonyl (C=O) groups is 3. The van der Waals surface area contributed by atoms with Gasteiger partial charge in [0.2, 0.25) is 0 Å². The topological polar surface area (TPSA) is 147 Å². The summed E-state index contributed by atoms with van der Waals surface area (Å²) >= 11 is 0. The molecule has 0 aromatic heterocycles. The van der Waals surface area contributed by atoms with Crippen molar-refractivity contribution in [1.82, 2.24) is 0 Å². The highest BCUT2D eigenvalue weighted by Crippen LogP contribution is 2.64. The third-order valence-corrected chi connectivity index (χ3v) is 10.2. The SMILES string of the molecule is CC(=O)OC1CCC2(C)C(=CCC3C4CCC(=O)C4(C)CCC32)C1.CC(N)(Cc1ccc(O)c(O)c1)C(=O)O. The molecular weight excluding hydrogens is 498 g/mol. The lowest BCUT2D eigenvalue weighted by Crippen LogP contribution is -2.50. The average molecular weight is 542 g/mol. The molecule has 4 aliphatic carbocycles. The molecule has 3 fully saturated rings. The summed E-state index contributed by atoms with van der Waals surface area (Å²) in [6.45, 7) is 7.58. The molecule has 0 spiro atoms. The Morgan fingerprint density at radius 1 is 1.08 bits per heavy atom. The van der Waals surface area contributed by atoms with Crippen LogP contribution < -0.4 is 5.73 Å². The number of rotatable bonds is 4. The molecule has 4 aliphatic rings. The third kappa shape index (κ3) is 5.58. The van der Waals surface area contributed by atoms with Crippen LogP contribution in [0.4, 0.5) is 0 Å². The van der Waals surface area contributed by atoms with Gasteiger partial charge in [0.1, 0.15) is 17.4 Å². The van der Waals surface area contributed by atoms with Crippen LogP contribution in [0.15, 0.2) is 29.8 Å². The fourth-order valence-electron chi connectivity index (χ4n) is 7.91. The van der Waals surface area contributed by atoms with Gasteiger partial charge < -0.3 is 25.8 Å². The molecule has 8 nitrogen and oxygen atoms in total. The Balaban J connectivity index is 0.000000204. The van der Waals surface area contributed by atoms with Gasteiger partial charge in [0.05, 0.1) is 0 Å². The molecule has 0 radical (unpaired) electrons. The van der Waals surface area contributed by atoms with Gasteiger partial charge in [-0.3, -0.25) is 14.4 Å². The quantitative estimate of drug-likeness (QED) is 0.239. The maximum absolute atomic E-state index is 12.4. The van der Waals surface area contributed by atoms with Crippen LogP contribution in [0.5, 0.6) is 11.5 Å². The Morgan fingerprint density at radius 2 is 1.74 bits per heavy atom. The second-order valence-corrected chi connectivity index (χ2v) is 12.9. The number of carbonyl (C=O) groups excluding carboxylic acids is 2. The zero-order valence-corrected chi connectivity index (χ0v) is 23.5. The van der Waals surface area contributed by atoms with Crippen molar-refractivity contribution in [2.75, 3.05) is 0 Å². The largest absolute Gasteiger partial charge is 0.504 e. The second kappa shape index (κ2) is 10.6. The van der Waals surface area contributed by atoms with E-state index in [0.717, 1.165) is 44.9 Å². The number of aliphatic carboxylic acids is 1. The normalized spacial score (nSPS) is 34.7. The molecule has 7 unspecified atom stereocenters. The number of benzene rings is 1. The second-order valence-electron chi connectivity index (χ2n) is 12.9. The van der Waals surface area contributed by atoms with Crippen molar-refractivity contribution in [2.45, 2.75) is 97.1 Å². The van der Waals surface area contributed by atoms with Gasteiger partial charge in [0, 0.05) is 31.6 Å². The standard InChI is InChI=1S/C21H30O3.C10H13NO4/c1-13(22)24-15-8-10-20(2)14(12-15)4-5-16-17-6-7-19(23)21(17,3)11-9-18(16)20;1-10(11,9(14)15)5-6-2-3-7(12)8(13)4-6/h4,15-18H,5-12H2,1-3H3;2-4,12-13H,5,11H2,1H3,(H,14,15). The van der Waals surface area contributed by atoms with E-state index in [2.05, 4.69) is 19.9 Å². The number of hydrogen-bond acceptors (Lipinski definition) is 7. The number of ketones is 1. The van der Waals surface area contributed by atoms with Crippen molar-refractivity contribution in [3.63, 3.8) is 0 Å². The Bertz CT molecular complexity index is 1170. The summed E-state index contributed by atoms with van der Waals surface area (Å²) in [5, 5.41) is 27.0. The summed E-state index contributed by atoms with van der Waals surface area (Å²) in [5.74, 6) is 0.690. The number of carboxylic acids is 1. The zero-order chi connectivity index (χ0) is 28.8. The minimum absolute atomic E-state index is 0.0438. The van der Waals surface area contributed by atoms with Gasteiger partial charge >= 0.3 is 11.9 Å². The van der Waals surface area contributed by atoms with E-state index < -0.39 is 11.5 Å². The number of aromatic hydroxyl groups is 2. The van der Waals surface area contributed by atoms with Crippen LogP contribution in [0.1, 0.15) is 84.6 Å². The Labute approximate surface area is 230 Å². The first-order chi connectivity index (χ1) is 18.2. The van der Waals surface area contributed by atoms with Crippen LogP contribution in [0.2, 0.25) is 0 Å². The number of nitrogens with two attached hydrogens (primary N) is 1. The van der Waals surface area contributed by atoms with Gasteiger partial charge in [-0.25, -0.2) is 0 Å². The third-order valence-electron chi connectivity index (χ3n) is 10.2. The van der Waals surface area contributed by atoms with E-state index in [-0.39, 0.29) is 40.8 Å². The van der Waals surface area contributed by atoms with Gasteiger partial charge in [-0.1, -0.05) is 31.6 Å². The summed E-state index contributed by atoms with van der Waals surface area (Å²) in [6, 6.07) is 4.11. The molecule has 3 saturated carbocycles. The summed E-state index contributed by atoms with van der Waals surface area (Å²) in [7, 11) is 0. The van der Waals surface area contributed by atoms with Crippen LogP contribution >= 0.6 is 0 Å². The number of ether oxygens (including phenoxy) is 1. The molecule has 8 heteroatoms. The lowest BCUT2D eigenvalue weighted by atomic mass is 9.48. The van der Waals surface area contributed by atoms with Gasteiger partial charge in [-0.15, -0.1) is 0 Å². The Hall–Kier alpha value is -2.87. The van der Waals surface area contributed by atoms with E-state index in [1.807, 2.05) is 0 Å². The summed E-state index contributed by atoms with van der Waals surface area (Å²) in [6.07, 6.45) is 10.9. The van der Waals surface area contributed by atoms with Gasteiger partial charge in [0.25, 0.3) is 0 Å². The number of carboxylic acid groups (broad SMARTS) is 1. The van der Waals surface area contributed by atoms with Crippen molar-refractivity contribution in [2.24, 2.45) is 34.3 Å². The first-order valence-electron chi connectivity index (χ1n) is 14.1. The number of Topliss-reactive ketones (excluding diaryl/α,β-unsaturated/α-hetero) is 1. The molecular formula is C31H43NO7. The van der Waals surface area contributed by atoms with Gasteiger partial charge in [0.15, 0.2) is 11.5 Å². The number of phenolic OH excluding ortho intramolecular Hbond substituents is 2. The van der Waals surface area contributed by atoms with Gasteiger partial charge in [-0.2, -0.15) is 0 Å². The molecule has 0 amide bonds. The lowest BCUT2D eigenvalue weighted by Gasteiger charge is -2.56. The molecule has 1 aromatic carbocycles. The summed E-state index contributed by atoms with van der Waals surface area (Å²) < 4.78 is 5.50. The average Bonchev–Trinajstić information content (AvgIpc) is 3.16. The van der Waals surface area contributed by atoms with E-state index in [1.54, 1.807) is 0 Å². The smallest absolute Gasteiger partial charge is 0.323 e. The summed E-state index contributed by atoms with van der Waals surface area (Å²) in [5.41, 5.74) is 6.44. The molecule has 39 heavy (non-hydrogen) atoms. The van der Waals surface area contributed by atoms with E-state index >= 15 is 0 Å². The molecule has 5 rings (SSSR count). The predicted octanol–water partition coefficient (Wildman–Crippen LogP) is 4.89. The van der Waals surface area contributed by atoms with Crippen molar-refractivity contribution >= 4 is 17.7 Å². The maximum atomic E-state index is 12.4. The van der Waals surface area contributed by atoms with Crippen molar-refractivity contribution in [1.29, 1.82) is 0 Å². The van der Waals surface area contributed by atoms with E-state index in [4.69, 9.17) is 20.7 Å². The lowest BCUT2D eigenvalue weighted by molar-refractivity contribution is -0.148. The fraction of sp³-hybridized carbons (Fsp3) is 0.645. The first-order valence-corrected chi connectivity index (χ1v) is 14.1. The molecule has 0 heterocycles. The minimum atomic E-state index is -1.39. The fourth-order valence-corrected chi connectivity index (χ4v) is 7.91. The predicted molar refractivity (Wildman–Crippen MR) is 146 cm³/mol. The van der Waals surface area contributed by atoms with Crippen LogP contribution in [0.25, 0.3) is 0 Å². The number of phenols is 2. The van der Waals surface area contributed by atoms with Crippen LogP contribution in [0.3, 0.4) is 0 Å². The first kappa shape index (κ1) is 29.1. The highest BCUT2D eigenvalue weighted by molar-refractivity contribution is 5.87. The maximum Gasteiger partial charge on any atom is 0.323 e. The highest BCUT2D eigenvalue weighted by Gasteiger charge is 2.58. The monoisotopic (exact) mass is 541 g/mol. The zero-order valence-electron chi connectivity index (χ0n) is 23.5. The minimum Gasteiger partial charge on any atom is -0.504 e. The molecule has 214 valence electrons. The Kier molecular flexibility index (Phi) is 7.92. The Morgan fingerprint density at radius 3 is 2.38 bits per heavy atom. The van der Waals surface area contributed by atoms with Crippen LogP contribution in [-0.2, 0) is 25.5 Å². The van der Waals surface area contributed by atoms with E-state index in [0.29, 0.717) is 29.1 Å². The molecule has 5 N–H and O–H groups in total. The van der Waals surface area contributed by atoms with Crippen molar-refractivity contribution in [3.8, 4) is 11.5 Å². The van der Waals surface area contributed by atoms with Gasteiger partial charge in [-0.05, 0) is 86.3 Å². The van der Waals surface area contributed by atoms with Crippen LogP contribution in [-0.4, -0.2) is 44.7 Å². The molecule has 0 bridgehead atoms. The number of fused-ring (bicyclic) bond motifs is 5. The highest BCUT2D eigenvalue weighted by atomic mass is 16.5. The number of esters is 1. The summed E-state index contributed by atoms with van der Waals surface area (Å²) in [4.78, 5) is 34.5. The van der Waals surface area contributed by atoms with E-state index in [9.17, 15) is 19.5 Å². The molecule has 7 atom stereocenters. The van der Waals surface area contributed by atoms with Crippen molar-refractivity contribution in [3.05, 3.63) is 35.4 Å². The number of hydrogen-bond donors (Lipinski definition) is 4.